The summed E-state index contributed by atoms with van der Waals surface area (Å²) in [6.45, 7) is 0.330. The van der Waals surface area contributed by atoms with Crippen molar-refractivity contribution in [2.24, 2.45) is 0 Å². The topological polar surface area (TPSA) is 54.0 Å². The first kappa shape index (κ1) is 15.0. The first-order valence-corrected chi connectivity index (χ1v) is 6.11. The highest BCUT2D eigenvalue weighted by Gasteiger charge is 2.14. The van der Waals surface area contributed by atoms with Gasteiger partial charge in [0.2, 0.25) is 5.91 Å². The van der Waals surface area contributed by atoms with Gasteiger partial charge < -0.3 is 10.6 Å². The highest BCUT2D eigenvalue weighted by Crippen LogP contribution is 2.19. The lowest BCUT2D eigenvalue weighted by Gasteiger charge is -2.08. The number of carbonyl (C=O) groups is 1. The minimum Gasteiger partial charge on any atom is -0.322 e. The summed E-state index contributed by atoms with van der Waals surface area (Å²) in [5, 5.41) is 5.01. The lowest BCUT2D eigenvalue weighted by Crippen LogP contribution is -2.28. The molecule has 0 fully saturated rings. The summed E-state index contributed by atoms with van der Waals surface area (Å²) in [5.74, 6) is -4.90. The van der Waals surface area contributed by atoms with Gasteiger partial charge in [-0.05, 0) is 29.8 Å². The monoisotopic (exact) mass is 295 g/mol. The SMILES string of the molecule is O=C(CNCc1ccncc1)Nc1ccc(F)c(F)c1F. The minimum absolute atomic E-state index is 0.0965. The van der Waals surface area contributed by atoms with Crippen molar-refractivity contribution in [2.75, 3.05) is 11.9 Å². The largest absolute Gasteiger partial charge is 0.322 e. The van der Waals surface area contributed by atoms with Gasteiger partial charge in [0.05, 0.1) is 12.2 Å². The van der Waals surface area contributed by atoms with E-state index >= 15 is 0 Å². The Morgan fingerprint density at radius 1 is 1.05 bits per heavy atom. The van der Waals surface area contributed by atoms with Crippen LogP contribution in [0.5, 0.6) is 0 Å². The Morgan fingerprint density at radius 3 is 2.48 bits per heavy atom. The van der Waals surface area contributed by atoms with E-state index in [4.69, 9.17) is 0 Å². The number of anilines is 1. The molecule has 1 heterocycles. The third-order valence-corrected chi connectivity index (χ3v) is 2.67. The standard InChI is InChI=1S/C14H12F3N3O/c15-10-1-2-11(14(17)13(10)16)20-12(21)8-19-7-9-3-5-18-6-4-9/h1-6,19H,7-8H2,(H,20,21). The van der Waals surface area contributed by atoms with Crippen molar-refractivity contribution in [3.63, 3.8) is 0 Å². The lowest BCUT2D eigenvalue weighted by molar-refractivity contribution is -0.115. The van der Waals surface area contributed by atoms with Gasteiger partial charge in [-0.1, -0.05) is 0 Å². The Morgan fingerprint density at radius 2 is 1.76 bits per heavy atom. The molecule has 0 radical (unpaired) electrons. The van der Waals surface area contributed by atoms with Crippen LogP contribution < -0.4 is 10.6 Å². The second kappa shape index (κ2) is 6.85. The molecule has 110 valence electrons. The van der Waals surface area contributed by atoms with Gasteiger partial charge in [-0.25, -0.2) is 13.2 Å². The molecule has 4 nitrogen and oxygen atoms in total. The number of nitrogens with one attached hydrogen (secondary N) is 2. The molecule has 0 aliphatic carbocycles. The second-order valence-electron chi connectivity index (χ2n) is 4.23. The van der Waals surface area contributed by atoms with Crippen LogP contribution in [0.15, 0.2) is 36.7 Å². The molecular formula is C14H12F3N3O. The summed E-state index contributed by atoms with van der Waals surface area (Å²) >= 11 is 0. The van der Waals surface area contributed by atoms with E-state index in [9.17, 15) is 18.0 Å². The average Bonchev–Trinajstić information content (AvgIpc) is 2.49. The zero-order valence-corrected chi connectivity index (χ0v) is 10.9. The fraction of sp³-hybridized carbons (Fsp3) is 0.143. The maximum absolute atomic E-state index is 13.4. The quantitative estimate of drug-likeness (QED) is 0.832. The molecule has 1 aromatic carbocycles. The number of halogens is 3. The highest BCUT2D eigenvalue weighted by molar-refractivity contribution is 5.92. The predicted molar refractivity (Wildman–Crippen MR) is 70.9 cm³/mol. The van der Waals surface area contributed by atoms with Gasteiger partial charge in [-0.3, -0.25) is 9.78 Å². The number of aromatic nitrogens is 1. The summed E-state index contributed by atoms with van der Waals surface area (Å²) in [6, 6.07) is 5.27. The van der Waals surface area contributed by atoms with Gasteiger partial charge in [-0.2, -0.15) is 0 Å². The van der Waals surface area contributed by atoms with Gasteiger partial charge in [0.25, 0.3) is 0 Å². The molecule has 2 N–H and O–H groups in total. The Hall–Kier alpha value is -2.41. The van der Waals surface area contributed by atoms with Crippen LogP contribution in [-0.2, 0) is 11.3 Å². The van der Waals surface area contributed by atoms with Crippen molar-refractivity contribution in [2.45, 2.75) is 6.54 Å². The maximum Gasteiger partial charge on any atom is 0.238 e. The molecule has 1 aromatic heterocycles. The second-order valence-corrected chi connectivity index (χ2v) is 4.23. The predicted octanol–water partition coefficient (Wildman–Crippen LogP) is 2.23. The summed E-state index contributed by atoms with van der Waals surface area (Å²) < 4.78 is 39.1. The van der Waals surface area contributed by atoms with E-state index in [2.05, 4.69) is 15.6 Å². The third kappa shape index (κ3) is 4.03. The normalized spacial score (nSPS) is 10.4. The zero-order valence-electron chi connectivity index (χ0n) is 10.9. The molecule has 0 unspecified atom stereocenters. The summed E-state index contributed by atoms with van der Waals surface area (Å²) in [7, 11) is 0. The van der Waals surface area contributed by atoms with Crippen LogP contribution >= 0.6 is 0 Å². The zero-order chi connectivity index (χ0) is 15.2. The van der Waals surface area contributed by atoms with E-state index in [0.29, 0.717) is 6.54 Å². The average molecular weight is 295 g/mol. The van der Waals surface area contributed by atoms with E-state index in [1.54, 1.807) is 24.5 Å². The maximum atomic E-state index is 13.4. The van der Waals surface area contributed by atoms with Crippen LogP contribution in [0.25, 0.3) is 0 Å². The molecule has 0 aliphatic rings. The van der Waals surface area contributed by atoms with Gasteiger partial charge in [-0.15, -0.1) is 0 Å². The van der Waals surface area contributed by atoms with Gasteiger partial charge >= 0.3 is 0 Å². The van der Waals surface area contributed by atoms with Crippen molar-refractivity contribution in [3.8, 4) is 0 Å². The summed E-state index contributed by atoms with van der Waals surface area (Å²) in [5.41, 5.74) is 0.529. The number of amides is 1. The van der Waals surface area contributed by atoms with Crippen LogP contribution in [0.4, 0.5) is 18.9 Å². The number of benzene rings is 1. The van der Waals surface area contributed by atoms with Crippen molar-refractivity contribution < 1.29 is 18.0 Å². The number of rotatable bonds is 5. The third-order valence-electron chi connectivity index (χ3n) is 2.67. The Balaban J connectivity index is 1.86. The Kier molecular flexibility index (Phi) is 4.89. The highest BCUT2D eigenvalue weighted by atomic mass is 19.2. The molecule has 2 aromatic rings. The van der Waals surface area contributed by atoms with E-state index in [-0.39, 0.29) is 6.54 Å². The number of hydrogen-bond donors (Lipinski definition) is 2. The van der Waals surface area contributed by atoms with Crippen molar-refractivity contribution in [3.05, 3.63) is 59.7 Å². The molecule has 0 bridgehead atoms. The molecule has 0 saturated heterocycles. The first-order valence-electron chi connectivity index (χ1n) is 6.11. The van der Waals surface area contributed by atoms with Crippen molar-refractivity contribution in [1.29, 1.82) is 0 Å². The molecule has 0 atom stereocenters. The van der Waals surface area contributed by atoms with Crippen LogP contribution in [0.1, 0.15) is 5.56 Å². The minimum atomic E-state index is -1.61. The Labute approximate surface area is 119 Å². The molecular weight excluding hydrogens is 283 g/mol. The van der Waals surface area contributed by atoms with Crippen molar-refractivity contribution >= 4 is 11.6 Å². The van der Waals surface area contributed by atoms with E-state index < -0.39 is 29.0 Å². The molecule has 0 saturated carbocycles. The molecule has 1 amide bonds. The molecule has 21 heavy (non-hydrogen) atoms. The molecule has 0 aliphatic heterocycles. The van der Waals surface area contributed by atoms with Crippen LogP contribution in [0.2, 0.25) is 0 Å². The number of nitrogens with zero attached hydrogens (tertiary/aromatic N) is 1. The molecule has 2 rings (SSSR count). The van der Waals surface area contributed by atoms with Gasteiger partial charge in [0.15, 0.2) is 17.5 Å². The van der Waals surface area contributed by atoms with E-state index in [0.717, 1.165) is 17.7 Å². The fourth-order valence-corrected chi connectivity index (χ4v) is 1.64. The number of hydrogen-bond acceptors (Lipinski definition) is 3. The van der Waals surface area contributed by atoms with E-state index in [1.165, 1.54) is 0 Å². The summed E-state index contributed by atoms with van der Waals surface area (Å²) in [6.07, 6.45) is 3.24. The van der Waals surface area contributed by atoms with Crippen LogP contribution in [0, 0.1) is 17.5 Å². The van der Waals surface area contributed by atoms with Crippen molar-refractivity contribution in [1.82, 2.24) is 10.3 Å². The molecule has 7 heteroatoms. The van der Waals surface area contributed by atoms with Crippen LogP contribution in [-0.4, -0.2) is 17.4 Å². The number of carbonyl (C=O) groups excluding carboxylic acids is 1. The summed E-state index contributed by atoms with van der Waals surface area (Å²) in [4.78, 5) is 15.4. The fourth-order valence-electron chi connectivity index (χ4n) is 1.64. The van der Waals surface area contributed by atoms with Gasteiger partial charge in [0, 0.05) is 18.9 Å². The van der Waals surface area contributed by atoms with Crippen LogP contribution in [0.3, 0.4) is 0 Å². The Bertz CT molecular complexity index is 635. The number of pyridine rings is 1. The molecule has 0 spiro atoms. The smallest absolute Gasteiger partial charge is 0.238 e. The lowest BCUT2D eigenvalue weighted by atomic mass is 10.2. The van der Waals surface area contributed by atoms with E-state index in [1.807, 2.05) is 0 Å². The van der Waals surface area contributed by atoms with Gasteiger partial charge in [0.1, 0.15) is 0 Å². The first-order chi connectivity index (χ1) is 10.1.